The average molecular weight is 166 g/mol. The molecule has 0 aromatic rings. The van der Waals surface area contributed by atoms with Gasteiger partial charge in [0, 0.05) is 0 Å². The lowest BCUT2D eigenvalue weighted by Crippen LogP contribution is -2.15. The van der Waals surface area contributed by atoms with Crippen molar-refractivity contribution in [3.8, 4) is 0 Å². The van der Waals surface area contributed by atoms with Gasteiger partial charge in [-0.2, -0.15) is 0 Å². The number of hydrogen-bond acceptors (Lipinski definition) is 1. The van der Waals surface area contributed by atoms with E-state index in [2.05, 4.69) is 20.4 Å². The highest BCUT2D eigenvalue weighted by Gasteiger charge is 2.21. The Kier molecular flexibility index (Phi) is 3.10. The van der Waals surface area contributed by atoms with Crippen molar-refractivity contribution >= 4 is 0 Å². The van der Waals surface area contributed by atoms with Crippen LogP contribution < -0.4 is 0 Å². The Balaban J connectivity index is 2.73. The van der Waals surface area contributed by atoms with E-state index in [0.717, 1.165) is 12.3 Å². The first-order chi connectivity index (χ1) is 5.65. The molecule has 1 heteroatoms. The second-order valence-electron chi connectivity index (χ2n) is 3.88. The summed E-state index contributed by atoms with van der Waals surface area (Å²) in [5.74, 6) is 1.33. The van der Waals surface area contributed by atoms with Crippen LogP contribution in [0.1, 0.15) is 26.7 Å². The van der Waals surface area contributed by atoms with E-state index in [9.17, 15) is 0 Å². The van der Waals surface area contributed by atoms with Gasteiger partial charge in [0.15, 0.2) is 0 Å². The lowest BCUT2D eigenvalue weighted by molar-refractivity contribution is 0.338. The van der Waals surface area contributed by atoms with Crippen LogP contribution in [0.4, 0.5) is 0 Å². The number of aliphatic hydroxyl groups is 1. The topological polar surface area (TPSA) is 20.2 Å². The molecule has 0 aliphatic heterocycles. The molecule has 2 atom stereocenters. The van der Waals surface area contributed by atoms with E-state index < -0.39 is 0 Å². The van der Waals surface area contributed by atoms with Gasteiger partial charge in [-0.3, -0.25) is 0 Å². The predicted molar refractivity (Wildman–Crippen MR) is 51.9 cm³/mol. The van der Waals surface area contributed by atoms with E-state index in [1.54, 1.807) is 0 Å². The van der Waals surface area contributed by atoms with Crippen molar-refractivity contribution in [1.29, 1.82) is 0 Å². The van der Waals surface area contributed by atoms with Gasteiger partial charge in [0.05, 0.1) is 6.61 Å². The second kappa shape index (κ2) is 3.90. The summed E-state index contributed by atoms with van der Waals surface area (Å²) in [4.78, 5) is 0. The van der Waals surface area contributed by atoms with Crippen LogP contribution >= 0.6 is 0 Å². The van der Waals surface area contributed by atoms with Crippen LogP contribution in [0, 0.1) is 11.8 Å². The summed E-state index contributed by atoms with van der Waals surface area (Å²) < 4.78 is 0. The van der Waals surface area contributed by atoms with Crippen molar-refractivity contribution < 1.29 is 5.11 Å². The van der Waals surface area contributed by atoms with Gasteiger partial charge in [0.2, 0.25) is 0 Å². The summed E-state index contributed by atoms with van der Waals surface area (Å²) in [5.41, 5.74) is 2.49. The number of hydrogen-bond donors (Lipinski definition) is 1. The van der Waals surface area contributed by atoms with Gasteiger partial charge in [0.25, 0.3) is 0 Å². The molecule has 0 amide bonds. The van der Waals surface area contributed by atoms with Crippen LogP contribution in [0.2, 0.25) is 0 Å². The number of allylic oxidation sites excluding steroid dienone is 2. The Bertz CT molecular complexity index is 203. The molecule has 1 nitrogen and oxygen atoms in total. The van der Waals surface area contributed by atoms with Crippen LogP contribution in [-0.4, -0.2) is 11.7 Å². The fourth-order valence-electron chi connectivity index (χ4n) is 1.98. The van der Waals surface area contributed by atoms with Crippen molar-refractivity contribution in [2.24, 2.45) is 11.8 Å². The zero-order valence-electron chi connectivity index (χ0n) is 8.01. The van der Waals surface area contributed by atoms with Crippen molar-refractivity contribution in [3.05, 3.63) is 23.8 Å². The lowest BCUT2D eigenvalue weighted by atomic mass is 9.77. The molecule has 1 aliphatic carbocycles. The first-order valence-corrected chi connectivity index (χ1v) is 4.64. The molecule has 0 heterocycles. The maximum atomic E-state index is 8.79. The Labute approximate surface area is 74.8 Å². The van der Waals surface area contributed by atoms with E-state index in [1.807, 2.05) is 6.08 Å². The summed E-state index contributed by atoms with van der Waals surface area (Å²) >= 11 is 0. The Hall–Kier alpha value is -0.560. The van der Waals surface area contributed by atoms with Gasteiger partial charge >= 0.3 is 0 Å². The quantitative estimate of drug-likeness (QED) is 0.634. The molecule has 0 bridgehead atoms. The summed E-state index contributed by atoms with van der Waals surface area (Å²) in [5, 5.41) is 8.79. The molecule has 0 aromatic carbocycles. The van der Waals surface area contributed by atoms with Crippen LogP contribution in [0.25, 0.3) is 0 Å². The first-order valence-electron chi connectivity index (χ1n) is 4.64. The molecule has 12 heavy (non-hydrogen) atoms. The van der Waals surface area contributed by atoms with Gasteiger partial charge in [0.1, 0.15) is 0 Å². The van der Waals surface area contributed by atoms with E-state index in [4.69, 9.17) is 5.11 Å². The second-order valence-corrected chi connectivity index (χ2v) is 3.88. The predicted octanol–water partition coefficient (Wildman–Crippen LogP) is 2.53. The lowest BCUT2D eigenvalue weighted by Gasteiger charge is -2.28. The fourth-order valence-corrected chi connectivity index (χ4v) is 1.98. The Morgan fingerprint density at radius 3 is 2.83 bits per heavy atom. The molecule has 1 fully saturated rings. The average Bonchev–Trinajstić information content (AvgIpc) is 2.00. The van der Waals surface area contributed by atoms with Gasteiger partial charge in [-0.05, 0) is 35.8 Å². The summed E-state index contributed by atoms with van der Waals surface area (Å²) in [6, 6.07) is 0. The first kappa shape index (κ1) is 9.53. The van der Waals surface area contributed by atoms with E-state index in [-0.39, 0.29) is 6.61 Å². The zero-order valence-corrected chi connectivity index (χ0v) is 8.01. The molecule has 1 rings (SSSR count). The fraction of sp³-hybridized carbons (Fsp3) is 0.636. The normalized spacial score (nSPS) is 34.2. The largest absolute Gasteiger partial charge is 0.392 e. The SMILES string of the molecule is C=C1/C(=C/CO)C[C@H](C)CC1C. The van der Waals surface area contributed by atoms with Gasteiger partial charge in [-0.15, -0.1) is 0 Å². The summed E-state index contributed by atoms with van der Waals surface area (Å²) in [6.45, 7) is 8.67. The minimum Gasteiger partial charge on any atom is -0.392 e. The zero-order chi connectivity index (χ0) is 9.14. The molecule has 1 saturated carbocycles. The molecule has 0 aromatic heterocycles. The Morgan fingerprint density at radius 2 is 2.25 bits per heavy atom. The molecular weight excluding hydrogens is 148 g/mol. The molecule has 1 unspecified atom stereocenters. The van der Waals surface area contributed by atoms with Gasteiger partial charge in [-0.25, -0.2) is 0 Å². The van der Waals surface area contributed by atoms with Crippen LogP contribution in [0.3, 0.4) is 0 Å². The third kappa shape index (κ3) is 1.98. The van der Waals surface area contributed by atoms with Gasteiger partial charge in [-0.1, -0.05) is 26.5 Å². The number of rotatable bonds is 1. The number of aliphatic hydroxyl groups excluding tert-OH is 1. The molecular formula is C11H18O. The highest BCUT2D eigenvalue weighted by molar-refractivity contribution is 5.32. The maximum Gasteiger partial charge on any atom is 0.0618 e. The Morgan fingerprint density at radius 1 is 1.58 bits per heavy atom. The highest BCUT2D eigenvalue weighted by atomic mass is 16.2. The van der Waals surface area contributed by atoms with Crippen LogP contribution in [0.5, 0.6) is 0 Å². The minimum absolute atomic E-state index is 0.147. The molecule has 68 valence electrons. The van der Waals surface area contributed by atoms with Crippen molar-refractivity contribution in [2.75, 3.05) is 6.61 Å². The third-order valence-corrected chi connectivity index (χ3v) is 2.67. The molecule has 0 radical (unpaired) electrons. The van der Waals surface area contributed by atoms with Crippen LogP contribution in [0.15, 0.2) is 23.8 Å². The van der Waals surface area contributed by atoms with Crippen molar-refractivity contribution in [3.63, 3.8) is 0 Å². The standard InChI is InChI=1S/C11H18O/c1-8-6-9(2)10(3)11(7-8)4-5-12/h4,8-9,12H,3,5-7H2,1-2H3/b11-4+/t8-,9?/m1/s1. The maximum absolute atomic E-state index is 8.79. The third-order valence-electron chi connectivity index (χ3n) is 2.67. The smallest absolute Gasteiger partial charge is 0.0618 e. The van der Waals surface area contributed by atoms with E-state index >= 15 is 0 Å². The van der Waals surface area contributed by atoms with Crippen molar-refractivity contribution in [1.82, 2.24) is 0 Å². The molecule has 0 saturated heterocycles. The molecule has 1 aliphatic rings. The van der Waals surface area contributed by atoms with Crippen LogP contribution in [-0.2, 0) is 0 Å². The molecule has 1 N–H and O–H groups in total. The minimum atomic E-state index is 0.147. The highest BCUT2D eigenvalue weighted by Crippen LogP contribution is 2.35. The summed E-state index contributed by atoms with van der Waals surface area (Å²) in [6.07, 6.45) is 4.22. The van der Waals surface area contributed by atoms with E-state index in [0.29, 0.717) is 5.92 Å². The monoisotopic (exact) mass is 166 g/mol. The van der Waals surface area contributed by atoms with Gasteiger partial charge < -0.3 is 5.11 Å². The molecule has 0 spiro atoms. The van der Waals surface area contributed by atoms with Crippen molar-refractivity contribution in [2.45, 2.75) is 26.7 Å². The van der Waals surface area contributed by atoms with E-state index in [1.165, 1.54) is 17.6 Å². The summed E-state index contributed by atoms with van der Waals surface area (Å²) in [7, 11) is 0.